The third-order valence-electron chi connectivity index (χ3n) is 3.91. The fourth-order valence-electron chi connectivity index (χ4n) is 2.54. The van der Waals surface area contributed by atoms with Gasteiger partial charge in [-0.1, -0.05) is 0 Å². The van der Waals surface area contributed by atoms with E-state index >= 15 is 0 Å². The van der Waals surface area contributed by atoms with Crippen LogP contribution in [0.2, 0.25) is 0 Å². The van der Waals surface area contributed by atoms with Crippen LogP contribution >= 0.6 is 11.8 Å². The van der Waals surface area contributed by atoms with Crippen molar-refractivity contribution in [3.63, 3.8) is 0 Å². The van der Waals surface area contributed by atoms with Gasteiger partial charge < -0.3 is 20.0 Å². The molecule has 0 aliphatic heterocycles. The number of hydrogen-bond donors (Lipinski definition) is 3. The molecule has 0 saturated heterocycles. The second kappa shape index (κ2) is 9.28. The summed E-state index contributed by atoms with van der Waals surface area (Å²) in [6.45, 7) is 3.74. The van der Waals surface area contributed by atoms with E-state index < -0.39 is 11.9 Å². The van der Waals surface area contributed by atoms with Crippen molar-refractivity contribution in [3.8, 4) is 0 Å². The Balaban J connectivity index is 2.04. The van der Waals surface area contributed by atoms with Gasteiger partial charge in [0.1, 0.15) is 6.04 Å². The number of rotatable bonds is 8. The maximum Gasteiger partial charge on any atom is 0.287 e. The van der Waals surface area contributed by atoms with Crippen molar-refractivity contribution in [1.29, 1.82) is 0 Å². The molecular weight excluding hydrogens is 354 g/mol. The van der Waals surface area contributed by atoms with Crippen LogP contribution in [0.5, 0.6) is 0 Å². The summed E-state index contributed by atoms with van der Waals surface area (Å²) in [5.41, 5.74) is 1.87. The molecular formula is C18H23N3O4S. The minimum Gasteiger partial charge on any atom is -0.459 e. The molecule has 0 bridgehead atoms. The second-order valence-corrected chi connectivity index (χ2v) is 6.93. The minimum absolute atomic E-state index is 0.104. The molecule has 140 valence electrons. The Morgan fingerprint density at radius 1 is 1.35 bits per heavy atom. The van der Waals surface area contributed by atoms with Crippen molar-refractivity contribution in [1.82, 2.24) is 15.6 Å². The quantitative estimate of drug-likeness (QED) is 0.650. The van der Waals surface area contributed by atoms with Gasteiger partial charge >= 0.3 is 0 Å². The first-order chi connectivity index (χ1) is 12.4. The van der Waals surface area contributed by atoms with Crippen LogP contribution in [0.4, 0.5) is 0 Å². The number of aromatic amines is 1. The van der Waals surface area contributed by atoms with Gasteiger partial charge in [-0.15, -0.1) is 0 Å². The molecule has 26 heavy (non-hydrogen) atoms. The van der Waals surface area contributed by atoms with E-state index in [0.29, 0.717) is 17.7 Å². The molecule has 1 atom stereocenters. The monoisotopic (exact) mass is 377 g/mol. The summed E-state index contributed by atoms with van der Waals surface area (Å²) in [5, 5.41) is 5.43. The van der Waals surface area contributed by atoms with E-state index in [-0.39, 0.29) is 23.8 Å². The number of aryl methyl sites for hydroxylation is 2. The number of furan rings is 1. The van der Waals surface area contributed by atoms with E-state index in [1.807, 2.05) is 19.2 Å². The highest BCUT2D eigenvalue weighted by molar-refractivity contribution is 7.98. The second-order valence-electron chi connectivity index (χ2n) is 5.95. The van der Waals surface area contributed by atoms with Gasteiger partial charge in [0.25, 0.3) is 11.5 Å². The van der Waals surface area contributed by atoms with Gasteiger partial charge in [0.2, 0.25) is 5.91 Å². The van der Waals surface area contributed by atoms with E-state index in [0.717, 1.165) is 11.3 Å². The maximum absolute atomic E-state index is 12.5. The molecule has 0 aliphatic rings. The Bertz CT molecular complexity index is 814. The summed E-state index contributed by atoms with van der Waals surface area (Å²) in [6.07, 6.45) is 3.81. The van der Waals surface area contributed by atoms with E-state index in [2.05, 4.69) is 15.6 Å². The molecule has 2 aromatic heterocycles. The summed E-state index contributed by atoms with van der Waals surface area (Å²) in [6, 6.07) is 4.30. The molecule has 0 fully saturated rings. The van der Waals surface area contributed by atoms with Gasteiger partial charge in [-0.3, -0.25) is 14.4 Å². The summed E-state index contributed by atoms with van der Waals surface area (Å²) in [4.78, 5) is 39.5. The molecule has 0 aromatic carbocycles. The number of H-pyrrole nitrogens is 1. The largest absolute Gasteiger partial charge is 0.459 e. The molecule has 8 heteroatoms. The molecule has 2 amide bonds. The van der Waals surface area contributed by atoms with Crippen LogP contribution in [0.1, 0.15) is 33.8 Å². The van der Waals surface area contributed by atoms with Gasteiger partial charge in [-0.05, 0) is 56.0 Å². The lowest BCUT2D eigenvalue weighted by Crippen LogP contribution is -2.47. The van der Waals surface area contributed by atoms with Crippen LogP contribution in [-0.4, -0.2) is 34.8 Å². The average Bonchev–Trinajstić information content (AvgIpc) is 3.11. The predicted molar refractivity (Wildman–Crippen MR) is 101 cm³/mol. The van der Waals surface area contributed by atoms with Gasteiger partial charge in [-0.25, -0.2) is 0 Å². The molecule has 0 spiro atoms. The number of carbonyl (C=O) groups excluding carboxylic acids is 2. The Kier molecular flexibility index (Phi) is 7.08. The fourth-order valence-corrected chi connectivity index (χ4v) is 3.01. The first-order valence-corrected chi connectivity index (χ1v) is 9.62. The van der Waals surface area contributed by atoms with E-state index in [1.54, 1.807) is 24.8 Å². The van der Waals surface area contributed by atoms with Crippen molar-refractivity contribution < 1.29 is 14.0 Å². The van der Waals surface area contributed by atoms with Crippen molar-refractivity contribution in [3.05, 3.63) is 57.4 Å². The van der Waals surface area contributed by atoms with Crippen molar-refractivity contribution >= 4 is 23.6 Å². The highest BCUT2D eigenvalue weighted by Gasteiger charge is 2.22. The summed E-state index contributed by atoms with van der Waals surface area (Å²) >= 11 is 1.58. The van der Waals surface area contributed by atoms with Crippen molar-refractivity contribution in [2.24, 2.45) is 0 Å². The summed E-state index contributed by atoms with van der Waals surface area (Å²) < 4.78 is 5.06. The lowest BCUT2D eigenvalue weighted by atomic mass is 10.1. The maximum atomic E-state index is 12.5. The lowest BCUT2D eigenvalue weighted by Gasteiger charge is -2.18. The Morgan fingerprint density at radius 2 is 2.12 bits per heavy atom. The first-order valence-electron chi connectivity index (χ1n) is 8.22. The number of pyridine rings is 1. The van der Waals surface area contributed by atoms with Crippen LogP contribution in [0, 0.1) is 13.8 Å². The van der Waals surface area contributed by atoms with Crippen LogP contribution < -0.4 is 16.2 Å². The Hall–Kier alpha value is -2.48. The minimum atomic E-state index is -0.704. The number of nitrogens with one attached hydrogen (secondary N) is 3. The molecule has 0 aliphatic carbocycles. The molecule has 0 unspecified atom stereocenters. The van der Waals surface area contributed by atoms with Crippen LogP contribution in [-0.2, 0) is 11.3 Å². The topological polar surface area (TPSA) is 104 Å². The normalized spacial score (nSPS) is 11.8. The summed E-state index contributed by atoms with van der Waals surface area (Å²) in [7, 11) is 0. The molecule has 2 rings (SSSR count). The number of amides is 2. The summed E-state index contributed by atoms with van der Waals surface area (Å²) in [5.74, 6) is 0.0810. The number of aromatic nitrogens is 1. The van der Waals surface area contributed by atoms with E-state index in [9.17, 15) is 14.4 Å². The van der Waals surface area contributed by atoms with Gasteiger partial charge in [0, 0.05) is 17.8 Å². The number of carbonyl (C=O) groups is 2. The van der Waals surface area contributed by atoms with E-state index in [4.69, 9.17) is 4.42 Å². The highest BCUT2D eigenvalue weighted by atomic mass is 32.2. The molecule has 7 nitrogen and oxygen atoms in total. The number of thioether (sulfide) groups is 1. The molecule has 0 saturated carbocycles. The molecule has 0 radical (unpaired) electrons. The number of hydrogen-bond acceptors (Lipinski definition) is 5. The van der Waals surface area contributed by atoms with Crippen molar-refractivity contribution in [2.45, 2.75) is 32.9 Å². The van der Waals surface area contributed by atoms with Gasteiger partial charge in [0.15, 0.2) is 5.76 Å². The zero-order chi connectivity index (χ0) is 19.1. The first kappa shape index (κ1) is 19.8. The fraction of sp³-hybridized carbons (Fsp3) is 0.389. The van der Waals surface area contributed by atoms with Crippen LogP contribution in [0.15, 0.2) is 33.7 Å². The standard InChI is InChI=1S/C18H23N3O4S/c1-11-9-12(2)20-16(22)13(11)10-19-17(23)14(6-8-26-3)21-18(24)15-5-4-7-25-15/h4-5,7,9,14H,6,8,10H2,1-3H3,(H,19,23)(H,20,22)(H,21,24)/t14-/m1/s1. The van der Waals surface area contributed by atoms with E-state index in [1.165, 1.54) is 12.3 Å². The third-order valence-corrected chi connectivity index (χ3v) is 4.55. The Morgan fingerprint density at radius 3 is 2.73 bits per heavy atom. The van der Waals surface area contributed by atoms with Gasteiger partial charge in [0.05, 0.1) is 6.26 Å². The zero-order valence-electron chi connectivity index (χ0n) is 15.0. The third kappa shape index (κ3) is 5.26. The predicted octanol–water partition coefficient (Wildman–Crippen LogP) is 1.75. The molecule has 3 N–H and O–H groups in total. The van der Waals surface area contributed by atoms with Gasteiger partial charge in [-0.2, -0.15) is 11.8 Å². The molecule has 2 aromatic rings. The SMILES string of the molecule is CSCC[C@@H](NC(=O)c1ccco1)C(=O)NCc1c(C)cc(C)[nH]c1=O. The van der Waals surface area contributed by atoms with Crippen LogP contribution in [0.25, 0.3) is 0 Å². The van der Waals surface area contributed by atoms with Crippen molar-refractivity contribution in [2.75, 3.05) is 12.0 Å². The lowest BCUT2D eigenvalue weighted by molar-refractivity contribution is -0.123. The van der Waals surface area contributed by atoms with Crippen LogP contribution in [0.3, 0.4) is 0 Å². The highest BCUT2D eigenvalue weighted by Crippen LogP contribution is 2.06. The zero-order valence-corrected chi connectivity index (χ0v) is 15.9. The Labute approximate surface area is 155 Å². The smallest absolute Gasteiger partial charge is 0.287 e. The molecule has 2 heterocycles. The average molecular weight is 377 g/mol.